The lowest BCUT2D eigenvalue weighted by Gasteiger charge is -2.08. The van der Waals surface area contributed by atoms with Gasteiger partial charge in [0.2, 0.25) is 0 Å². The molecule has 0 aliphatic carbocycles. The van der Waals surface area contributed by atoms with Gasteiger partial charge in [0.15, 0.2) is 0 Å². The first kappa shape index (κ1) is 16.6. The lowest BCUT2D eigenvalue weighted by molar-refractivity contribution is 0.102. The molecule has 4 nitrogen and oxygen atoms in total. The van der Waals surface area contributed by atoms with Crippen LogP contribution in [0.25, 0.3) is 0 Å². The number of nitrogens with one attached hydrogen (secondary N) is 2. The van der Waals surface area contributed by atoms with E-state index in [0.717, 1.165) is 5.82 Å². The zero-order valence-electron chi connectivity index (χ0n) is 13.8. The number of carbonyl (C=O) groups excluding carboxylic acids is 1. The topological polar surface area (TPSA) is 54.0 Å². The summed E-state index contributed by atoms with van der Waals surface area (Å²) in [6, 6.07) is 17.2. The van der Waals surface area contributed by atoms with Crippen LogP contribution in [0.2, 0.25) is 0 Å². The second-order valence-corrected chi connectivity index (χ2v) is 5.73. The summed E-state index contributed by atoms with van der Waals surface area (Å²) in [5, 5.41) is 5.97. The van der Waals surface area contributed by atoms with Crippen molar-refractivity contribution < 1.29 is 9.18 Å². The maximum atomic E-state index is 12.9. The third kappa shape index (κ3) is 4.64. The maximum Gasteiger partial charge on any atom is 0.255 e. The Balaban J connectivity index is 1.57. The first-order chi connectivity index (χ1) is 12.1. The zero-order valence-corrected chi connectivity index (χ0v) is 13.8. The van der Waals surface area contributed by atoms with Gasteiger partial charge < -0.3 is 10.6 Å². The SMILES string of the molecule is Cc1ccc(CNc2ccc(NC(=O)c3ccc(F)cc3)cn2)cc1. The van der Waals surface area contributed by atoms with Crippen molar-refractivity contribution in [3.8, 4) is 0 Å². The Morgan fingerprint density at radius 2 is 1.72 bits per heavy atom. The number of amides is 1. The Morgan fingerprint density at radius 1 is 1.00 bits per heavy atom. The van der Waals surface area contributed by atoms with Gasteiger partial charge in [-0.05, 0) is 48.9 Å². The molecule has 126 valence electrons. The molecule has 2 N–H and O–H groups in total. The molecule has 0 fully saturated rings. The molecule has 0 aliphatic heterocycles. The Kier molecular flexibility index (Phi) is 5.04. The van der Waals surface area contributed by atoms with Crippen LogP contribution in [0.5, 0.6) is 0 Å². The van der Waals surface area contributed by atoms with E-state index >= 15 is 0 Å². The summed E-state index contributed by atoms with van der Waals surface area (Å²) in [4.78, 5) is 16.4. The molecule has 0 unspecified atom stereocenters. The highest BCUT2D eigenvalue weighted by molar-refractivity contribution is 6.04. The molecule has 0 saturated heterocycles. The molecule has 1 amide bonds. The minimum atomic E-state index is -0.373. The van der Waals surface area contributed by atoms with Gasteiger partial charge in [0.1, 0.15) is 11.6 Å². The fourth-order valence-corrected chi connectivity index (χ4v) is 2.28. The van der Waals surface area contributed by atoms with Crippen LogP contribution < -0.4 is 10.6 Å². The lowest BCUT2D eigenvalue weighted by atomic mass is 10.1. The molecular formula is C20H18FN3O. The lowest BCUT2D eigenvalue weighted by Crippen LogP contribution is -2.12. The van der Waals surface area contributed by atoms with Crippen LogP contribution in [0.4, 0.5) is 15.9 Å². The van der Waals surface area contributed by atoms with Crippen LogP contribution in [-0.2, 0) is 6.54 Å². The van der Waals surface area contributed by atoms with E-state index < -0.39 is 0 Å². The van der Waals surface area contributed by atoms with Crippen molar-refractivity contribution in [1.82, 2.24) is 4.98 Å². The normalized spacial score (nSPS) is 10.3. The van der Waals surface area contributed by atoms with Crippen LogP contribution in [0.3, 0.4) is 0 Å². The van der Waals surface area contributed by atoms with E-state index in [2.05, 4.69) is 46.8 Å². The highest BCUT2D eigenvalue weighted by Crippen LogP contribution is 2.13. The second kappa shape index (κ2) is 7.57. The molecule has 0 saturated carbocycles. The quantitative estimate of drug-likeness (QED) is 0.727. The number of halogens is 1. The molecule has 5 heteroatoms. The van der Waals surface area contributed by atoms with Gasteiger partial charge in [0.25, 0.3) is 5.91 Å². The zero-order chi connectivity index (χ0) is 17.6. The smallest absolute Gasteiger partial charge is 0.255 e. The molecule has 2 aromatic carbocycles. The van der Waals surface area contributed by atoms with Gasteiger partial charge in [0.05, 0.1) is 11.9 Å². The third-order valence-electron chi connectivity index (χ3n) is 3.72. The molecule has 1 heterocycles. The largest absolute Gasteiger partial charge is 0.366 e. The van der Waals surface area contributed by atoms with Crippen LogP contribution >= 0.6 is 0 Å². The van der Waals surface area contributed by atoms with E-state index in [-0.39, 0.29) is 11.7 Å². The fourth-order valence-electron chi connectivity index (χ4n) is 2.28. The number of nitrogens with zero attached hydrogens (tertiary/aromatic N) is 1. The van der Waals surface area contributed by atoms with Crippen LogP contribution in [0.1, 0.15) is 21.5 Å². The molecule has 25 heavy (non-hydrogen) atoms. The second-order valence-electron chi connectivity index (χ2n) is 5.73. The fraction of sp³-hybridized carbons (Fsp3) is 0.100. The summed E-state index contributed by atoms with van der Waals surface area (Å²) in [7, 11) is 0. The highest BCUT2D eigenvalue weighted by atomic mass is 19.1. The Labute approximate surface area is 145 Å². The summed E-state index contributed by atoms with van der Waals surface area (Å²) in [5.41, 5.74) is 3.36. The molecule has 3 rings (SSSR count). The molecule has 0 atom stereocenters. The van der Waals surface area contributed by atoms with E-state index in [1.165, 1.54) is 35.4 Å². The predicted octanol–water partition coefficient (Wildman–Crippen LogP) is 4.39. The first-order valence-corrected chi connectivity index (χ1v) is 7.92. The number of carbonyl (C=O) groups is 1. The molecule has 0 bridgehead atoms. The number of hydrogen-bond donors (Lipinski definition) is 2. The van der Waals surface area contributed by atoms with Gasteiger partial charge >= 0.3 is 0 Å². The van der Waals surface area contributed by atoms with Gasteiger partial charge in [-0.1, -0.05) is 29.8 Å². The minimum absolute atomic E-state index is 0.304. The number of benzene rings is 2. The number of aryl methyl sites for hydroxylation is 1. The van der Waals surface area contributed by atoms with Gasteiger partial charge in [-0.2, -0.15) is 0 Å². The summed E-state index contributed by atoms with van der Waals surface area (Å²) in [6.45, 7) is 2.73. The van der Waals surface area contributed by atoms with E-state index in [4.69, 9.17) is 0 Å². The van der Waals surface area contributed by atoms with Crippen molar-refractivity contribution in [3.63, 3.8) is 0 Å². The van der Waals surface area contributed by atoms with Crippen molar-refractivity contribution in [1.29, 1.82) is 0 Å². The maximum absolute atomic E-state index is 12.9. The van der Waals surface area contributed by atoms with Gasteiger partial charge in [-0.15, -0.1) is 0 Å². The van der Waals surface area contributed by atoms with Crippen molar-refractivity contribution in [2.75, 3.05) is 10.6 Å². The standard InChI is InChI=1S/C20H18FN3O/c1-14-2-4-15(5-3-14)12-22-19-11-10-18(13-23-19)24-20(25)16-6-8-17(21)9-7-16/h2-11,13H,12H2,1H3,(H,22,23)(H,24,25). The highest BCUT2D eigenvalue weighted by Gasteiger charge is 2.06. The van der Waals surface area contributed by atoms with Crippen LogP contribution in [-0.4, -0.2) is 10.9 Å². The Morgan fingerprint density at radius 3 is 2.36 bits per heavy atom. The Bertz CT molecular complexity index is 844. The molecule has 0 spiro atoms. The van der Waals surface area contributed by atoms with Gasteiger partial charge in [-0.25, -0.2) is 9.37 Å². The van der Waals surface area contributed by atoms with E-state index in [1.807, 2.05) is 0 Å². The molecule has 3 aromatic rings. The number of anilines is 2. The molecular weight excluding hydrogens is 317 g/mol. The average Bonchev–Trinajstić information content (AvgIpc) is 2.63. The van der Waals surface area contributed by atoms with Gasteiger partial charge in [0, 0.05) is 12.1 Å². The van der Waals surface area contributed by atoms with Crippen molar-refractivity contribution >= 4 is 17.4 Å². The number of aromatic nitrogens is 1. The van der Waals surface area contributed by atoms with Crippen LogP contribution in [0.15, 0.2) is 66.9 Å². The monoisotopic (exact) mass is 335 g/mol. The summed E-state index contributed by atoms with van der Waals surface area (Å²) >= 11 is 0. The summed E-state index contributed by atoms with van der Waals surface area (Å²) < 4.78 is 12.9. The summed E-state index contributed by atoms with van der Waals surface area (Å²) in [6.07, 6.45) is 1.58. The van der Waals surface area contributed by atoms with E-state index in [0.29, 0.717) is 17.8 Å². The van der Waals surface area contributed by atoms with Crippen molar-refractivity contribution in [2.45, 2.75) is 13.5 Å². The molecule has 1 aromatic heterocycles. The number of rotatable bonds is 5. The Hall–Kier alpha value is -3.21. The average molecular weight is 335 g/mol. The predicted molar refractivity (Wildman–Crippen MR) is 97.1 cm³/mol. The molecule has 0 aliphatic rings. The summed E-state index contributed by atoms with van der Waals surface area (Å²) in [5.74, 6) is 0.0461. The first-order valence-electron chi connectivity index (χ1n) is 7.92. The van der Waals surface area contributed by atoms with Crippen molar-refractivity contribution in [2.24, 2.45) is 0 Å². The third-order valence-corrected chi connectivity index (χ3v) is 3.72. The van der Waals surface area contributed by atoms with Crippen LogP contribution in [0, 0.1) is 12.7 Å². The minimum Gasteiger partial charge on any atom is -0.366 e. The van der Waals surface area contributed by atoms with Gasteiger partial charge in [-0.3, -0.25) is 4.79 Å². The van der Waals surface area contributed by atoms with Crippen molar-refractivity contribution in [3.05, 3.63) is 89.4 Å². The van der Waals surface area contributed by atoms with E-state index in [1.54, 1.807) is 18.3 Å². The number of pyridine rings is 1. The van der Waals surface area contributed by atoms with E-state index in [9.17, 15) is 9.18 Å². The molecule has 0 radical (unpaired) electrons. The number of hydrogen-bond acceptors (Lipinski definition) is 3.